The summed E-state index contributed by atoms with van der Waals surface area (Å²) in [5.74, 6) is 1.28. The molecule has 0 spiro atoms. The summed E-state index contributed by atoms with van der Waals surface area (Å²) in [6, 6.07) is 5.70. The van der Waals surface area contributed by atoms with Crippen molar-refractivity contribution >= 4 is 5.91 Å². The van der Waals surface area contributed by atoms with Crippen LogP contribution in [0.2, 0.25) is 0 Å². The van der Waals surface area contributed by atoms with E-state index in [1.54, 1.807) is 18.5 Å². The molecule has 1 saturated carbocycles. The van der Waals surface area contributed by atoms with E-state index < -0.39 is 0 Å². The summed E-state index contributed by atoms with van der Waals surface area (Å²) in [6.07, 6.45) is 11.0. The molecule has 7 heteroatoms. The number of aromatic nitrogens is 3. The van der Waals surface area contributed by atoms with Crippen LogP contribution in [0, 0.1) is 0 Å². The SMILES string of the molecule is O=C(Cn1cnc(C2CC2)cc1=O)N1C2CCC1CC(Oc1ccncc1)C2. The predicted molar refractivity (Wildman–Crippen MR) is 102 cm³/mol. The highest BCUT2D eigenvalue weighted by Crippen LogP contribution is 2.38. The molecule has 0 N–H and O–H groups in total. The molecule has 3 fully saturated rings. The molecule has 2 aliphatic heterocycles. The van der Waals surface area contributed by atoms with Crippen molar-refractivity contribution in [2.75, 3.05) is 0 Å². The maximum Gasteiger partial charge on any atom is 0.254 e. The van der Waals surface area contributed by atoms with E-state index in [0.29, 0.717) is 5.92 Å². The second-order valence-corrected chi connectivity index (χ2v) is 8.13. The van der Waals surface area contributed by atoms with E-state index in [2.05, 4.69) is 9.97 Å². The molecule has 2 saturated heterocycles. The quantitative estimate of drug-likeness (QED) is 0.794. The zero-order valence-electron chi connectivity index (χ0n) is 15.7. The van der Waals surface area contributed by atoms with E-state index in [9.17, 15) is 9.59 Å². The van der Waals surface area contributed by atoms with Gasteiger partial charge in [0.05, 0.1) is 12.0 Å². The Morgan fingerprint density at radius 3 is 2.46 bits per heavy atom. The number of fused-ring (bicyclic) bond motifs is 2. The van der Waals surface area contributed by atoms with Crippen LogP contribution in [0.3, 0.4) is 0 Å². The number of piperidine rings is 1. The molecular formula is C21H24N4O3. The largest absolute Gasteiger partial charge is 0.490 e. The van der Waals surface area contributed by atoms with Gasteiger partial charge in [0.2, 0.25) is 5.91 Å². The Hall–Kier alpha value is -2.70. The summed E-state index contributed by atoms with van der Waals surface area (Å²) in [7, 11) is 0. The van der Waals surface area contributed by atoms with E-state index in [-0.39, 0.29) is 36.2 Å². The minimum Gasteiger partial charge on any atom is -0.490 e. The number of hydrogen-bond acceptors (Lipinski definition) is 5. The molecule has 3 aliphatic rings. The number of ether oxygens (including phenoxy) is 1. The molecule has 28 heavy (non-hydrogen) atoms. The minimum absolute atomic E-state index is 0.0120. The summed E-state index contributed by atoms with van der Waals surface area (Å²) in [5.41, 5.74) is 0.733. The molecular weight excluding hydrogens is 356 g/mol. The third kappa shape index (κ3) is 3.41. The molecule has 7 nitrogen and oxygen atoms in total. The highest BCUT2D eigenvalue weighted by atomic mass is 16.5. The van der Waals surface area contributed by atoms with Crippen LogP contribution in [0.5, 0.6) is 5.75 Å². The first-order valence-corrected chi connectivity index (χ1v) is 10.1. The van der Waals surface area contributed by atoms with Gasteiger partial charge in [-0.25, -0.2) is 4.98 Å². The smallest absolute Gasteiger partial charge is 0.254 e. The zero-order chi connectivity index (χ0) is 19.1. The van der Waals surface area contributed by atoms with Crippen molar-refractivity contribution in [2.45, 2.75) is 69.2 Å². The summed E-state index contributed by atoms with van der Waals surface area (Å²) < 4.78 is 7.54. The fourth-order valence-corrected chi connectivity index (χ4v) is 4.63. The van der Waals surface area contributed by atoms with Crippen LogP contribution in [-0.2, 0) is 11.3 Å². The van der Waals surface area contributed by atoms with E-state index in [1.165, 1.54) is 10.9 Å². The lowest BCUT2D eigenvalue weighted by atomic mass is 9.99. The van der Waals surface area contributed by atoms with Gasteiger partial charge in [0.15, 0.2) is 0 Å². The van der Waals surface area contributed by atoms with Crippen molar-refractivity contribution in [2.24, 2.45) is 0 Å². The van der Waals surface area contributed by atoms with Crippen molar-refractivity contribution in [1.82, 2.24) is 19.4 Å². The van der Waals surface area contributed by atoms with E-state index >= 15 is 0 Å². The van der Waals surface area contributed by atoms with Crippen molar-refractivity contribution in [3.63, 3.8) is 0 Å². The third-order valence-corrected chi connectivity index (χ3v) is 6.13. The van der Waals surface area contributed by atoms with Gasteiger partial charge in [-0.15, -0.1) is 0 Å². The predicted octanol–water partition coefficient (Wildman–Crippen LogP) is 2.12. The summed E-state index contributed by atoms with van der Waals surface area (Å²) >= 11 is 0. The Morgan fingerprint density at radius 1 is 1.11 bits per heavy atom. The summed E-state index contributed by atoms with van der Waals surface area (Å²) in [4.78, 5) is 35.7. The summed E-state index contributed by atoms with van der Waals surface area (Å²) in [5, 5.41) is 0. The Bertz CT molecular complexity index is 911. The second kappa shape index (κ2) is 7.04. The highest BCUT2D eigenvalue weighted by molar-refractivity contribution is 5.77. The number of carbonyl (C=O) groups excluding carboxylic acids is 1. The fourth-order valence-electron chi connectivity index (χ4n) is 4.63. The molecule has 146 valence electrons. The van der Waals surface area contributed by atoms with Crippen LogP contribution in [0.15, 0.2) is 41.7 Å². The lowest BCUT2D eigenvalue weighted by molar-refractivity contribution is -0.137. The van der Waals surface area contributed by atoms with E-state index in [0.717, 1.165) is 50.0 Å². The lowest BCUT2D eigenvalue weighted by Crippen LogP contribution is -2.50. The Labute approximate surface area is 163 Å². The van der Waals surface area contributed by atoms with Crippen LogP contribution >= 0.6 is 0 Å². The van der Waals surface area contributed by atoms with Gasteiger partial charge in [0.1, 0.15) is 18.4 Å². The van der Waals surface area contributed by atoms with Crippen LogP contribution < -0.4 is 10.3 Å². The molecule has 0 radical (unpaired) electrons. The molecule has 2 atom stereocenters. The maximum atomic E-state index is 13.0. The number of pyridine rings is 1. The lowest BCUT2D eigenvalue weighted by Gasteiger charge is -2.39. The zero-order valence-corrected chi connectivity index (χ0v) is 15.7. The van der Waals surface area contributed by atoms with Gasteiger partial charge in [0.25, 0.3) is 5.56 Å². The molecule has 1 aliphatic carbocycles. The van der Waals surface area contributed by atoms with Gasteiger partial charge in [-0.05, 0) is 37.8 Å². The van der Waals surface area contributed by atoms with Gasteiger partial charge in [-0.3, -0.25) is 19.1 Å². The third-order valence-electron chi connectivity index (χ3n) is 6.13. The van der Waals surface area contributed by atoms with Crippen molar-refractivity contribution in [3.05, 3.63) is 53.0 Å². The van der Waals surface area contributed by atoms with E-state index in [4.69, 9.17) is 4.74 Å². The molecule has 2 aromatic rings. The standard InChI is InChI=1S/C21H24N4O3/c26-20-11-19(14-1-2-14)23-13-24(20)12-21(27)25-15-3-4-16(25)10-18(9-15)28-17-5-7-22-8-6-17/h5-8,11,13-16,18H,1-4,9-10,12H2. The number of carbonyl (C=O) groups is 1. The van der Waals surface area contributed by atoms with Crippen LogP contribution in [-0.4, -0.2) is 43.5 Å². The number of hydrogen-bond donors (Lipinski definition) is 0. The first kappa shape index (κ1) is 17.4. The molecule has 2 aromatic heterocycles. The van der Waals surface area contributed by atoms with Gasteiger partial charge in [-0.1, -0.05) is 0 Å². The average Bonchev–Trinajstić information content (AvgIpc) is 3.50. The molecule has 5 rings (SSSR count). The van der Waals surface area contributed by atoms with Crippen molar-refractivity contribution in [3.8, 4) is 5.75 Å². The van der Waals surface area contributed by atoms with Gasteiger partial charge < -0.3 is 9.64 Å². The van der Waals surface area contributed by atoms with Crippen LogP contribution in [0.4, 0.5) is 0 Å². The van der Waals surface area contributed by atoms with E-state index in [1.807, 2.05) is 17.0 Å². The van der Waals surface area contributed by atoms with Crippen LogP contribution in [0.1, 0.15) is 50.1 Å². The van der Waals surface area contributed by atoms with Gasteiger partial charge in [-0.2, -0.15) is 0 Å². The van der Waals surface area contributed by atoms with Gasteiger partial charge in [0, 0.05) is 49.3 Å². The summed E-state index contributed by atoms with van der Waals surface area (Å²) in [6.45, 7) is 0.0691. The van der Waals surface area contributed by atoms with Crippen molar-refractivity contribution in [1.29, 1.82) is 0 Å². The molecule has 2 unspecified atom stereocenters. The Kier molecular flexibility index (Phi) is 4.37. The molecule has 0 aromatic carbocycles. The number of amides is 1. The van der Waals surface area contributed by atoms with Gasteiger partial charge >= 0.3 is 0 Å². The topological polar surface area (TPSA) is 77.3 Å². The second-order valence-electron chi connectivity index (χ2n) is 8.13. The first-order valence-electron chi connectivity index (χ1n) is 10.1. The fraction of sp³-hybridized carbons (Fsp3) is 0.524. The first-order chi connectivity index (χ1) is 13.7. The number of nitrogens with zero attached hydrogens (tertiary/aromatic N) is 4. The molecule has 1 amide bonds. The minimum atomic E-state index is -0.131. The monoisotopic (exact) mass is 380 g/mol. The normalized spacial score (nSPS) is 26.3. The maximum absolute atomic E-state index is 13.0. The molecule has 4 heterocycles. The highest BCUT2D eigenvalue weighted by Gasteiger charge is 2.44. The number of rotatable bonds is 5. The molecule has 2 bridgehead atoms. The Morgan fingerprint density at radius 2 is 1.82 bits per heavy atom. The Balaban J connectivity index is 1.25. The van der Waals surface area contributed by atoms with Crippen molar-refractivity contribution < 1.29 is 9.53 Å². The average molecular weight is 380 g/mol. The van der Waals surface area contributed by atoms with Crippen LogP contribution in [0.25, 0.3) is 0 Å².